The van der Waals surface area contributed by atoms with Gasteiger partial charge in [0.15, 0.2) is 0 Å². The number of nitrogens with zero attached hydrogens (tertiary/aromatic N) is 1. The third-order valence-corrected chi connectivity index (χ3v) is 5.48. The van der Waals surface area contributed by atoms with Crippen LogP contribution in [0.4, 0.5) is 0 Å². The Balaban J connectivity index is 2.16. The molecule has 1 N–H and O–H groups in total. The molecule has 2 aliphatic rings. The number of hydrogen-bond donors (Lipinski definition) is 1. The highest BCUT2D eigenvalue weighted by Gasteiger charge is 2.43. The highest BCUT2D eigenvalue weighted by Crippen LogP contribution is 2.40. The Hall–Kier alpha value is -0.710. The summed E-state index contributed by atoms with van der Waals surface area (Å²) in [4.78, 5) is 25.6. The van der Waals surface area contributed by atoms with Crippen LogP contribution in [-0.4, -0.2) is 45.0 Å². The molecule has 0 aliphatic carbocycles. The van der Waals surface area contributed by atoms with Crippen LogP contribution in [-0.2, 0) is 9.59 Å². The van der Waals surface area contributed by atoms with Gasteiger partial charge < -0.3 is 10.0 Å². The summed E-state index contributed by atoms with van der Waals surface area (Å²) >= 11 is 1.68. The van der Waals surface area contributed by atoms with Crippen LogP contribution in [0.2, 0.25) is 0 Å². The summed E-state index contributed by atoms with van der Waals surface area (Å²) < 4.78 is -0.391. The Morgan fingerprint density at radius 3 is 2.67 bits per heavy atom. The van der Waals surface area contributed by atoms with Gasteiger partial charge in [-0.1, -0.05) is 12.8 Å². The van der Waals surface area contributed by atoms with Crippen molar-refractivity contribution in [3.63, 3.8) is 0 Å². The number of amides is 1. The molecular formula is C13H21NO3S. The fourth-order valence-corrected chi connectivity index (χ4v) is 4.13. The van der Waals surface area contributed by atoms with Gasteiger partial charge in [-0.25, -0.2) is 4.79 Å². The highest BCUT2D eigenvalue weighted by molar-refractivity contribution is 8.01. The van der Waals surface area contributed by atoms with Gasteiger partial charge in [-0.2, -0.15) is 0 Å². The number of carbonyl (C=O) groups excluding carboxylic acids is 1. The van der Waals surface area contributed by atoms with Crippen LogP contribution in [0.3, 0.4) is 0 Å². The van der Waals surface area contributed by atoms with Gasteiger partial charge in [0.1, 0.15) is 6.04 Å². The van der Waals surface area contributed by atoms with Gasteiger partial charge in [0.2, 0.25) is 5.91 Å². The monoisotopic (exact) mass is 271 g/mol. The molecule has 2 unspecified atom stereocenters. The maximum atomic E-state index is 12.6. The van der Waals surface area contributed by atoms with Gasteiger partial charge in [-0.15, -0.1) is 11.8 Å². The molecule has 0 bridgehead atoms. The van der Waals surface area contributed by atoms with Crippen LogP contribution in [0, 0.1) is 0 Å². The molecule has 2 aliphatic heterocycles. The third-order valence-electron chi connectivity index (χ3n) is 3.97. The van der Waals surface area contributed by atoms with E-state index in [0.717, 1.165) is 37.9 Å². The first kappa shape index (κ1) is 13.7. The van der Waals surface area contributed by atoms with Crippen molar-refractivity contribution in [3.8, 4) is 0 Å². The van der Waals surface area contributed by atoms with Crippen molar-refractivity contribution in [2.24, 2.45) is 0 Å². The lowest BCUT2D eigenvalue weighted by Gasteiger charge is -2.33. The van der Waals surface area contributed by atoms with Crippen LogP contribution in [0.15, 0.2) is 0 Å². The maximum absolute atomic E-state index is 12.6. The fourth-order valence-electron chi connectivity index (χ4n) is 2.86. The van der Waals surface area contributed by atoms with Gasteiger partial charge in [0.25, 0.3) is 0 Å². The smallest absolute Gasteiger partial charge is 0.326 e. The van der Waals surface area contributed by atoms with Crippen LogP contribution in [0.1, 0.15) is 45.4 Å². The Labute approximate surface area is 112 Å². The predicted octanol–water partition coefficient (Wildman–Crippen LogP) is 2.13. The van der Waals surface area contributed by atoms with Crippen molar-refractivity contribution >= 4 is 23.6 Å². The molecule has 5 heteroatoms. The van der Waals surface area contributed by atoms with Gasteiger partial charge in [-0.05, 0) is 38.4 Å². The van der Waals surface area contributed by atoms with Crippen molar-refractivity contribution in [3.05, 3.63) is 0 Å². The number of thioether (sulfide) groups is 1. The van der Waals surface area contributed by atoms with E-state index in [1.54, 1.807) is 16.7 Å². The van der Waals surface area contributed by atoms with Crippen LogP contribution < -0.4 is 0 Å². The summed E-state index contributed by atoms with van der Waals surface area (Å²) in [5, 5.41) is 9.31. The summed E-state index contributed by atoms with van der Waals surface area (Å²) in [7, 11) is 0. The van der Waals surface area contributed by atoms with E-state index >= 15 is 0 Å². The van der Waals surface area contributed by atoms with Crippen LogP contribution in [0.25, 0.3) is 0 Å². The first-order valence-electron chi connectivity index (χ1n) is 6.72. The summed E-state index contributed by atoms with van der Waals surface area (Å²) in [6.07, 6.45) is 5.39. The number of carboxylic acids is 1. The molecule has 2 saturated heterocycles. The molecule has 2 atom stereocenters. The average molecular weight is 271 g/mol. The predicted molar refractivity (Wildman–Crippen MR) is 71.7 cm³/mol. The second-order valence-electron chi connectivity index (χ2n) is 5.38. The number of rotatable bonds is 2. The van der Waals surface area contributed by atoms with Crippen molar-refractivity contribution < 1.29 is 14.7 Å². The molecular weight excluding hydrogens is 250 g/mol. The number of likely N-dealkylation sites (tertiary alicyclic amines) is 1. The van der Waals surface area contributed by atoms with Gasteiger partial charge in [0, 0.05) is 6.54 Å². The Kier molecular flexibility index (Phi) is 4.20. The zero-order chi connectivity index (χ0) is 13.2. The minimum atomic E-state index is -0.850. The molecule has 1 amide bonds. The minimum Gasteiger partial charge on any atom is -0.480 e. The molecule has 4 nitrogen and oxygen atoms in total. The van der Waals surface area contributed by atoms with E-state index < -0.39 is 16.8 Å². The van der Waals surface area contributed by atoms with Crippen molar-refractivity contribution in [1.29, 1.82) is 0 Å². The van der Waals surface area contributed by atoms with Gasteiger partial charge >= 0.3 is 5.97 Å². The Morgan fingerprint density at radius 2 is 2.06 bits per heavy atom. The fraction of sp³-hybridized carbons (Fsp3) is 0.846. The average Bonchev–Trinajstić information content (AvgIpc) is 2.65. The van der Waals surface area contributed by atoms with Gasteiger partial charge in [-0.3, -0.25) is 4.79 Å². The van der Waals surface area contributed by atoms with Gasteiger partial charge in [0.05, 0.1) is 4.75 Å². The molecule has 18 heavy (non-hydrogen) atoms. The molecule has 102 valence electrons. The van der Waals surface area contributed by atoms with E-state index in [0.29, 0.717) is 13.0 Å². The number of aliphatic carboxylic acids is 1. The second-order valence-corrected chi connectivity index (χ2v) is 6.98. The van der Waals surface area contributed by atoms with Crippen molar-refractivity contribution in [1.82, 2.24) is 4.90 Å². The Bertz CT molecular complexity index is 339. The van der Waals surface area contributed by atoms with E-state index in [-0.39, 0.29) is 5.91 Å². The molecule has 2 rings (SSSR count). The van der Waals surface area contributed by atoms with Crippen molar-refractivity contribution in [2.75, 3.05) is 12.3 Å². The van der Waals surface area contributed by atoms with Crippen molar-refractivity contribution in [2.45, 2.75) is 56.2 Å². The standard InChI is InChI=1S/C13H21NO3S/c1-13(7-5-9-18-13)12(17)14-8-4-2-3-6-10(14)11(15)16/h10H,2-9H2,1H3,(H,15,16). The largest absolute Gasteiger partial charge is 0.480 e. The van der Waals surface area contributed by atoms with Crippen LogP contribution >= 0.6 is 11.8 Å². The molecule has 0 spiro atoms. The molecule has 0 aromatic rings. The van der Waals surface area contributed by atoms with E-state index in [2.05, 4.69) is 0 Å². The van der Waals surface area contributed by atoms with Crippen LogP contribution in [0.5, 0.6) is 0 Å². The van der Waals surface area contributed by atoms with E-state index in [4.69, 9.17) is 0 Å². The zero-order valence-corrected chi connectivity index (χ0v) is 11.7. The maximum Gasteiger partial charge on any atom is 0.326 e. The molecule has 0 aromatic carbocycles. The third kappa shape index (κ3) is 2.66. The molecule has 2 heterocycles. The lowest BCUT2D eigenvalue weighted by atomic mass is 10.0. The summed E-state index contributed by atoms with van der Waals surface area (Å²) in [6.45, 7) is 2.57. The summed E-state index contributed by atoms with van der Waals surface area (Å²) in [6, 6.07) is -0.613. The number of carboxylic acid groups (broad SMARTS) is 1. The molecule has 2 fully saturated rings. The second kappa shape index (κ2) is 5.51. The van der Waals surface area contributed by atoms with E-state index in [1.807, 2.05) is 6.92 Å². The quantitative estimate of drug-likeness (QED) is 0.836. The summed E-state index contributed by atoms with van der Waals surface area (Å²) in [5.41, 5.74) is 0. The highest BCUT2D eigenvalue weighted by atomic mass is 32.2. The molecule has 0 saturated carbocycles. The summed E-state index contributed by atoms with van der Waals surface area (Å²) in [5.74, 6) is 0.199. The normalized spacial score (nSPS) is 33.2. The number of carbonyl (C=O) groups is 2. The molecule has 0 radical (unpaired) electrons. The first-order chi connectivity index (χ1) is 8.54. The number of hydrogen-bond acceptors (Lipinski definition) is 3. The molecule has 0 aromatic heterocycles. The zero-order valence-electron chi connectivity index (χ0n) is 10.9. The first-order valence-corrected chi connectivity index (χ1v) is 7.71. The lowest BCUT2D eigenvalue weighted by Crippen LogP contribution is -2.51. The van der Waals surface area contributed by atoms with E-state index in [9.17, 15) is 14.7 Å². The minimum absolute atomic E-state index is 0.0410. The lowest BCUT2D eigenvalue weighted by molar-refractivity contribution is -0.151. The van der Waals surface area contributed by atoms with E-state index in [1.165, 1.54) is 0 Å². The topological polar surface area (TPSA) is 57.6 Å². The SMILES string of the molecule is CC1(C(=O)N2CCCCCC2C(=O)O)CCCS1. The Morgan fingerprint density at radius 1 is 1.28 bits per heavy atom.